The van der Waals surface area contributed by atoms with Gasteiger partial charge in [0.25, 0.3) is 0 Å². The number of pyridine rings is 1. The summed E-state index contributed by atoms with van der Waals surface area (Å²) in [4.78, 5) is 16.9. The second kappa shape index (κ2) is 9.86. The van der Waals surface area contributed by atoms with Gasteiger partial charge in [-0.2, -0.15) is 18.2 Å². The Morgan fingerprint density at radius 2 is 1.67 bits per heavy atom. The molecule has 36 heavy (non-hydrogen) atoms. The largest absolute Gasteiger partial charge is 0.417 e. The number of nitrogens with two attached hydrogens (primary N) is 1. The number of rotatable bonds is 4. The quantitative estimate of drug-likeness (QED) is 0.539. The van der Waals surface area contributed by atoms with E-state index in [0.29, 0.717) is 57.8 Å². The van der Waals surface area contributed by atoms with Crippen molar-refractivity contribution in [2.45, 2.75) is 12.3 Å². The molecule has 8 nitrogen and oxygen atoms in total. The first-order valence-electron chi connectivity index (χ1n) is 11.4. The Balaban J connectivity index is 1.55. The van der Waals surface area contributed by atoms with Gasteiger partial charge in [0.15, 0.2) is 0 Å². The Bertz CT molecular complexity index is 1220. The minimum absolute atomic E-state index is 0.0890. The SMILES string of the molecule is Nc1cc(C(F)(F)F)c(-c2cc(N3CCOC(c4ccc(F)cc4)C3)nc(N3CCOCC3)n2)cn1. The van der Waals surface area contributed by atoms with E-state index in [1.165, 1.54) is 18.2 Å². The molecule has 5 rings (SSSR count). The number of nitrogens with zero attached hydrogens (tertiary/aromatic N) is 5. The highest BCUT2D eigenvalue weighted by atomic mass is 19.4. The van der Waals surface area contributed by atoms with Crippen LogP contribution in [0.2, 0.25) is 0 Å². The smallest absolute Gasteiger partial charge is 0.384 e. The number of hydrogen-bond donors (Lipinski definition) is 1. The monoisotopic (exact) mass is 504 g/mol. The average molecular weight is 504 g/mol. The van der Waals surface area contributed by atoms with Crippen LogP contribution in [0.3, 0.4) is 0 Å². The van der Waals surface area contributed by atoms with Crippen LogP contribution >= 0.6 is 0 Å². The fourth-order valence-electron chi connectivity index (χ4n) is 4.27. The third-order valence-electron chi connectivity index (χ3n) is 6.13. The highest BCUT2D eigenvalue weighted by Crippen LogP contribution is 2.38. The van der Waals surface area contributed by atoms with E-state index in [2.05, 4.69) is 9.97 Å². The molecule has 2 saturated heterocycles. The molecular weight excluding hydrogens is 480 g/mol. The van der Waals surface area contributed by atoms with Crippen molar-refractivity contribution in [1.82, 2.24) is 15.0 Å². The van der Waals surface area contributed by atoms with Crippen molar-refractivity contribution >= 4 is 17.6 Å². The molecule has 190 valence electrons. The van der Waals surface area contributed by atoms with Gasteiger partial charge in [0.05, 0.1) is 31.1 Å². The molecule has 2 aliphatic rings. The lowest BCUT2D eigenvalue weighted by molar-refractivity contribution is -0.137. The number of ether oxygens (including phenoxy) is 2. The molecular formula is C24H24F4N6O2. The maximum atomic E-state index is 13.9. The highest BCUT2D eigenvalue weighted by Gasteiger charge is 2.35. The van der Waals surface area contributed by atoms with E-state index in [1.54, 1.807) is 12.1 Å². The number of nitrogen functional groups attached to an aromatic ring is 1. The Morgan fingerprint density at radius 3 is 2.39 bits per heavy atom. The summed E-state index contributed by atoms with van der Waals surface area (Å²) in [5.41, 5.74) is 5.35. The number of alkyl halides is 3. The second-order valence-electron chi connectivity index (χ2n) is 8.52. The van der Waals surface area contributed by atoms with Gasteiger partial charge in [-0.15, -0.1) is 0 Å². The first-order valence-corrected chi connectivity index (χ1v) is 11.4. The molecule has 12 heteroatoms. The predicted octanol–water partition coefficient (Wildman–Crippen LogP) is 3.69. The molecule has 2 aliphatic heterocycles. The molecule has 4 heterocycles. The van der Waals surface area contributed by atoms with Crippen LogP contribution in [-0.4, -0.2) is 61.0 Å². The summed E-state index contributed by atoms with van der Waals surface area (Å²) < 4.78 is 66.3. The van der Waals surface area contributed by atoms with Gasteiger partial charge in [-0.1, -0.05) is 12.1 Å². The van der Waals surface area contributed by atoms with E-state index in [9.17, 15) is 17.6 Å². The van der Waals surface area contributed by atoms with Gasteiger partial charge in [-0.25, -0.2) is 14.4 Å². The number of aromatic nitrogens is 3. The lowest BCUT2D eigenvalue weighted by Crippen LogP contribution is -2.40. The Kier molecular flexibility index (Phi) is 6.63. The zero-order valence-electron chi connectivity index (χ0n) is 19.2. The van der Waals surface area contributed by atoms with Crippen molar-refractivity contribution in [3.8, 4) is 11.3 Å². The lowest BCUT2D eigenvalue weighted by atomic mass is 10.1. The average Bonchev–Trinajstić information content (AvgIpc) is 2.89. The molecule has 0 aliphatic carbocycles. The van der Waals surface area contributed by atoms with Gasteiger partial charge in [0, 0.05) is 44.0 Å². The van der Waals surface area contributed by atoms with Crippen molar-refractivity contribution in [3.05, 3.63) is 59.5 Å². The van der Waals surface area contributed by atoms with Crippen LogP contribution in [0, 0.1) is 5.82 Å². The van der Waals surface area contributed by atoms with Gasteiger partial charge in [-0.05, 0) is 23.8 Å². The molecule has 0 amide bonds. The van der Waals surface area contributed by atoms with Crippen molar-refractivity contribution in [1.29, 1.82) is 0 Å². The minimum Gasteiger partial charge on any atom is -0.384 e. The summed E-state index contributed by atoms with van der Waals surface area (Å²) in [7, 11) is 0. The van der Waals surface area contributed by atoms with Crippen LogP contribution in [-0.2, 0) is 15.7 Å². The van der Waals surface area contributed by atoms with E-state index >= 15 is 0 Å². The first-order chi connectivity index (χ1) is 17.3. The number of hydrogen-bond acceptors (Lipinski definition) is 8. The molecule has 0 radical (unpaired) electrons. The molecule has 1 aromatic carbocycles. The van der Waals surface area contributed by atoms with Crippen molar-refractivity contribution in [3.63, 3.8) is 0 Å². The summed E-state index contributed by atoms with van der Waals surface area (Å²) >= 11 is 0. The van der Waals surface area contributed by atoms with Gasteiger partial charge < -0.3 is 25.0 Å². The van der Waals surface area contributed by atoms with Gasteiger partial charge in [0.1, 0.15) is 23.6 Å². The van der Waals surface area contributed by atoms with E-state index in [4.69, 9.17) is 20.2 Å². The van der Waals surface area contributed by atoms with Crippen LogP contribution in [0.4, 0.5) is 35.1 Å². The number of benzene rings is 1. The van der Waals surface area contributed by atoms with Crippen molar-refractivity contribution in [2.24, 2.45) is 0 Å². The summed E-state index contributed by atoms with van der Waals surface area (Å²) in [6, 6.07) is 8.38. The van der Waals surface area contributed by atoms with E-state index in [-0.39, 0.29) is 29.0 Å². The second-order valence-corrected chi connectivity index (χ2v) is 8.52. The predicted molar refractivity (Wildman–Crippen MR) is 125 cm³/mol. The van der Waals surface area contributed by atoms with Crippen molar-refractivity contribution < 1.29 is 27.0 Å². The molecule has 2 fully saturated rings. The summed E-state index contributed by atoms with van der Waals surface area (Å²) in [6.45, 7) is 3.17. The normalized spacial score (nSPS) is 18.9. The Hall–Kier alpha value is -3.51. The molecule has 1 unspecified atom stereocenters. The highest BCUT2D eigenvalue weighted by molar-refractivity contribution is 5.69. The van der Waals surface area contributed by atoms with Crippen LogP contribution in [0.25, 0.3) is 11.3 Å². The maximum absolute atomic E-state index is 13.9. The molecule has 0 spiro atoms. The minimum atomic E-state index is -4.65. The zero-order chi connectivity index (χ0) is 25.3. The molecule has 2 aromatic heterocycles. The maximum Gasteiger partial charge on any atom is 0.417 e. The molecule has 3 aromatic rings. The fraction of sp³-hybridized carbons (Fsp3) is 0.375. The standard InChI is InChI=1S/C24H24F4N6O2/c25-16-3-1-15(2-4-16)20-14-34(7-10-36-20)22-12-19(31-23(32-22)33-5-8-35-9-6-33)17-13-30-21(29)11-18(17)24(26,27)28/h1-4,11-13,20H,5-10,14H2,(H2,29,30). The van der Waals surface area contributed by atoms with Crippen LogP contribution in [0.15, 0.2) is 42.6 Å². The van der Waals surface area contributed by atoms with Gasteiger partial charge in [-0.3, -0.25) is 0 Å². The summed E-state index contributed by atoms with van der Waals surface area (Å²) in [5, 5.41) is 0. The lowest BCUT2D eigenvalue weighted by Gasteiger charge is -2.35. The van der Waals surface area contributed by atoms with E-state index < -0.39 is 11.7 Å². The van der Waals surface area contributed by atoms with Crippen molar-refractivity contribution in [2.75, 3.05) is 61.5 Å². The van der Waals surface area contributed by atoms with Gasteiger partial charge >= 0.3 is 6.18 Å². The third kappa shape index (κ3) is 5.19. The number of morpholine rings is 2. The number of anilines is 3. The zero-order valence-corrected chi connectivity index (χ0v) is 19.2. The van der Waals surface area contributed by atoms with Crippen LogP contribution in [0.1, 0.15) is 17.2 Å². The van der Waals surface area contributed by atoms with E-state index in [0.717, 1.165) is 17.8 Å². The first kappa shape index (κ1) is 24.2. The van der Waals surface area contributed by atoms with Crippen LogP contribution < -0.4 is 15.5 Å². The number of halogens is 4. The van der Waals surface area contributed by atoms with Crippen LogP contribution in [0.5, 0.6) is 0 Å². The molecule has 0 bridgehead atoms. The fourth-order valence-corrected chi connectivity index (χ4v) is 4.27. The topological polar surface area (TPSA) is 89.6 Å². The summed E-state index contributed by atoms with van der Waals surface area (Å²) in [5.74, 6) is 0.186. The molecule has 2 N–H and O–H groups in total. The summed E-state index contributed by atoms with van der Waals surface area (Å²) in [6.07, 6.45) is -3.91. The third-order valence-corrected chi connectivity index (χ3v) is 6.13. The van der Waals surface area contributed by atoms with E-state index in [1.807, 2.05) is 9.80 Å². The molecule has 1 atom stereocenters. The Morgan fingerprint density at radius 1 is 0.944 bits per heavy atom. The van der Waals surface area contributed by atoms with Gasteiger partial charge in [0.2, 0.25) is 5.95 Å². The molecule has 0 saturated carbocycles. The Labute approximate surface area is 204 Å².